The topological polar surface area (TPSA) is 72.8 Å². The fourth-order valence-electron chi connectivity index (χ4n) is 8.93. The van der Waals surface area contributed by atoms with Gasteiger partial charge in [0.1, 0.15) is 6.61 Å². The van der Waals surface area contributed by atoms with E-state index in [0.29, 0.717) is 12.8 Å². The normalized spacial score (nSPS) is 12.7. The Kier molecular flexibility index (Phi) is 58.3. The van der Waals surface area contributed by atoms with Crippen LogP contribution in [0.2, 0.25) is 0 Å². The lowest BCUT2D eigenvalue weighted by molar-refractivity contribution is -0.161. The Bertz CT molecular complexity index is 1240. The van der Waals surface area contributed by atoms with Gasteiger partial charge in [0.15, 0.2) is 6.10 Å². The number of carbonyl (C=O) groups is 2. The predicted octanol–water partition coefficient (Wildman–Crippen LogP) is 20.8. The molecule has 0 fully saturated rings. The fraction of sp³-hybridized carbons (Fsp3) is 0.785. The van der Waals surface area contributed by atoms with Gasteiger partial charge in [0.25, 0.3) is 0 Å². The smallest absolute Gasteiger partial charge is 0.306 e. The number of rotatable bonds is 56. The highest BCUT2D eigenvalue weighted by atomic mass is 16.6. The molecule has 0 aliphatic carbocycles. The molecule has 0 heterocycles. The molecule has 0 rings (SSSR count). The number of carbonyl (C=O) groups excluding carboxylic acids is 2. The summed E-state index contributed by atoms with van der Waals surface area (Å²) in [7, 11) is 0. The first kappa shape index (κ1) is 67.3. The van der Waals surface area contributed by atoms with Crippen LogP contribution in [0.15, 0.2) is 72.9 Å². The van der Waals surface area contributed by atoms with Gasteiger partial charge in [0.05, 0.1) is 6.61 Å². The third-order valence-electron chi connectivity index (χ3n) is 13.5. The monoisotopic (exact) mass is 977 g/mol. The van der Waals surface area contributed by atoms with Crippen molar-refractivity contribution < 1.29 is 24.2 Å². The number of esters is 2. The Hall–Kier alpha value is -2.66. The van der Waals surface area contributed by atoms with Gasteiger partial charge in [-0.25, -0.2) is 0 Å². The first-order chi connectivity index (χ1) is 34.6. The molecule has 0 bridgehead atoms. The summed E-state index contributed by atoms with van der Waals surface area (Å²) in [6.07, 6.45) is 83.4. The number of unbranched alkanes of at least 4 members (excludes halogenated alkanes) is 36. The highest BCUT2D eigenvalue weighted by molar-refractivity contribution is 5.70. The lowest BCUT2D eigenvalue weighted by Crippen LogP contribution is -2.28. The highest BCUT2D eigenvalue weighted by Gasteiger charge is 2.16. The predicted molar refractivity (Wildman–Crippen MR) is 306 cm³/mol. The van der Waals surface area contributed by atoms with Crippen LogP contribution in [0, 0.1) is 0 Å². The number of aliphatic hydroxyl groups is 1. The minimum absolute atomic E-state index is 0.0795. The number of hydrogen-bond acceptors (Lipinski definition) is 5. The Morgan fingerprint density at radius 3 is 0.957 bits per heavy atom. The highest BCUT2D eigenvalue weighted by Crippen LogP contribution is 2.17. The SMILES string of the molecule is CC/C=C\C/C=C\C/C=C\C/C=C\C/C=C\CCCCCC(=O)OC(CO)COC(=O)CCCCCCCCCCCCCCCCCCCCCCCCCCC/C=C\CCCCCCCCCC. The molecule has 0 aromatic heterocycles. The largest absolute Gasteiger partial charge is 0.462 e. The molecule has 1 N–H and O–H groups in total. The van der Waals surface area contributed by atoms with Gasteiger partial charge in [-0.05, 0) is 83.5 Å². The number of aliphatic hydroxyl groups excluding tert-OH is 1. The maximum Gasteiger partial charge on any atom is 0.306 e. The molecule has 70 heavy (non-hydrogen) atoms. The van der Waals surface area contributed by atoms with Gasteiger partial charge in [-0.2, -0.15) is 0 Å². The molecule has 0 saturated carbocycles. The van der Waals surface area contributed by atoms with Crippen LogP contribution in [0.5, 0.6) is 0 Å². The zero-order chi connectivity index (χ0) is 50.6. The van der Waals surface area contributed by atoms with Crippen molar-refractivity contribution in [2.45, 2.75) is 315 Å². The van der Waals surface area contributed by atoms with Crippen LogP contribution in [-0.2, 0) is 19.1 Å². The molecule has 0 aliphatic rings. The van der Waals surface area contributed by atoms with Gasteiger partial charge in [0, 0.05) is 12.8 Å². The average molecular weight is 978 g/mol. The molecule has 1 atom stereocenters. The van der Waals surface area contributed by atoms with Gasteiger partial charge >= 0.3 is 11.9 Å². The Labute approximate surface area is 435 Å². The summed E-state index contributed by atoms with van der Waals surface area (Å²) in [6, 6.07) is 0. The van der Waals surface area contributed by atoms with Gasteiger partial charge < -0.3 is 14.6 Å². The average Bonchev–Trinajstić information content (AvgIpc) is 3.36. The van der Waals surface area contributed by atoms with E-state index < -0.39 is 6.10 Å². The summed E-state index contributed by atoms with van der Waals surface area (Å²) in [4.78, 5) is 24.5. The number of hydrogen-bond donors (Lipinski definition) is 1. The van der Waals surface area contributed by atoms with E-state index in [1.54, 1.807) is 0 Å². The first-order valence-electron chi connectivity index (χ1n) is 30.5. The summed E-state index contributed by atoms with van der Waals surface area (Å²) < 4.78 is 10.7. The molecule has 0 saturated heterocycles. The molecule has 5 nitrogen and oxygen atoms in total. The van der Waals surface area contributed by atoms with E-state index in [2.05, 4.69) is 86.8 Å². The minimum atomic E-state index is -0.792. The van der Waals surface area contributed by atoms with Crippen LogP contribution in [0.1, 0.15) is 309 Å². The molecule has 0 radical (unpaired) electrons. The first-order valence-corrected chi connectivity index (χ1v) is 30.5. The third kappa shape index (κ3) is 57.9. The second-order valence-electron chi connectivity index (χ2n) is 20.4. The fourth-order valence-corrected chi connectivity index (χ4v) is 8.93. The molecule has 0 aliphatic heterocycles. The van der Waals surface area contributed by atoms with Crippen molar-refractivity contribution in [3.05, 3.63) is 72.9 Å². The van der Waals surface area contributed by atoms with Gasteiger partial charge in [-0.3, -0.25) is 9.59 Å². The van der Waals surface area contributed by atoms with Crippen LogP contribution in [0.4, 0.5) is 0 Å². The zero-order valence-electron chi connectivity index (χ0n) is 46.5. The molecule has 0 amide bonds. The third-order valence-corrected chi connectivity index (χ3v) is 13.5. The summed E-state index contributed by atoms with van der Waals surface area (Å²) in [5.74, 6) is -0.620. The summed E-state index contributed by atoms with van der Waals surface area (Å²) in [5.41, 5.74) is 0. The molecular formula is C65H116O5. The van der Waals surface area contributed by atoms with Crippen LogP contribution < -0.4 is 0 Å². The summed E-state index contributed by atoms with van der Waals surface area (Å²) >= 11 is 0. The summed E-state index contributed by atoms with van der Waals surface area (Å²) in [5, 5.41) is 9.64. The van der Waals surface area contributed by atoms with E-state index >= 15 is 0 Å². The second-order valence-corrected chi connectivity index (χ2v) is 20.4. The number of allylic oxidation sites excluding steroid dienone is 12. The van der Waals surface area contributed by atoms with E-state index in [1.807, 2.05) is 0 Å². The van der Waals surface area contributed by atoms with Gasteiger partial charge in [-0.15, -0.1) is 0 Å². The molecule has 5 heteroatoms. The van der Waals surface area contributed by atoms with Crippen molar-refractivity contribution >= 4 is 11.9 Å². The Morgan fingerprint density at radius 2 is 0.614 bits per heavy atom. The van der Waals surface area contributed by atoms with E-state index in [4.69, 9.17) is 9.47 Å². The molecule has 1 unspecified atom stereocenters. The maximum absolute atomic E-state index is 12.3. The standard InChI is InChI=1S/C65H116O5/c1-3-5-7-9-11-13-15-17-19-21-23-24-25-26-27-28-29-30-31-32-33-34-35-36-37-38-39-40-42-43-45-47-49-51-53-55-57-59-64(67)69-62-63(61-66)70-65(68)60-58-56-54-52-50-48-46-44-41-22-20-18-16-14-12-10-8-6-4-2/h6,8,12,14,18,20-21,23,41,44,48,50,63,66H,3-5,7,9-11,13,15-17,19,22,24-40,42-43,45-47,49,51-62H2,1-2H3/b8-6-,14-12-,20-18-,23-21-,44-41-,50-48-. The van der Waals surface area contributed by atoms with Crippen molar-refractivity contribution in [2.75, 3.05) is 13.2 Å². The second kappa shape index (κ2) is 60.6. The number of ether oxygens (including phenoxy) is 2. The van der Waals surface area contributed by atoms with Gasteiger partial charge in [-0.1, -0.05) is 286 Å². The molecule has 0 aromatic rings. The van der Waals surface area contributed by atoms with Crippen molar-refractivity contribution in [1.82, 2.24) is 0 Å². The zero-order valence-corrected chi connectivity index (χ0v) is 46.5. The van der Waals surface area contributed by atoms with Crippen molar-refractivity contribution in [3.63, 3.8) is 0 Å². The minimum Gasteiger partial charge on any atom is -0.462 e. The maximum atomic E-state index is 12.3. The van der Waals surface area contributed by atoms with Crippen molar-refractivity contribution in [2.24, 2.45) is 0 Å². The van der Waals surface area contributed by atoms with E-state index in [1.165, 1.54) is 205 Å². The van der Waals surface area contributed by atoms with E-state index in [0.717, 1.165) is 77.0 Å². The van der Waals surface area contributed by atoms with E-state index in [9.17, 15) is 14.7 Å². The van der Waals surface area contributed by atoms with Crippen molar-refractivity contribution in [1.29, 1.82) is 0 Å². The molecule has 406 valence electrons. The molecule has 0 spiro atoms. The lowest BCUT2D eigenvalue weighted by atomic mass is 10.0. The lowest BCUT2D eigenvalue weighted by Gasteiger charge is -2.15. The Morgan fingerprint density at radius 1 is 0.343 bits per heavy atom. The quantitative estimate of drug-likeness (QED) is 0.0373. The van der Waals surface area contributed by atoms with Crippen molar-refractivity contribution in [3.8, 4) is 0 Å². The molecular weight excluding hydrogens is 861 g/mol. The van der Waals surface area contributed by atoms with Crippen LogP contribution in [0.25, 0.3) is 0 Å². The Balaban J connectivity index is 3.43. The van der Waals surface area contributed by atoms with E-state index in [-0.39, 0.29) is 25.2 Å². The molecule has 0 aromatic carbocycles. The van der Waals surface area contributed by atoms with Crippen LogP contribution in [-0.4, -0.2) is 36.4 Å². The van der Waals surface area contributed by atoms with Crippen LogP contribution >= 0.6 is 0 Å². The van der Waals surface area contributed by atoms with Gasteiger partial charge in [0.2, 0.25) is 0 Å². The van der Waals surface area contributed by atoms with Crippen LogP contribution in [0.3, 0.4) is 0 Å². The summed E-state index contributed by atoms with van der Waals surface area (Å²) in [6.45, 7) is 4.03.